The highest BCUT2D eigenvalue weighted by Crippen LogP contribution is 2.32. The standard InChI is InChI=1S/C11H21N3O/c12-6-8-2-1-3-10(8)14-5-4-9(7-14)11(13)15/h8-10H,1-7,12H2,(H2,13,15). The molecule has 2 rings (SSSR count). The highest BCUT2D eigenvalue weighted by atomic mass is 16.1. The van der Waals surface area contributed by atoms with Crippen molar-refractivity contribution in [3.05, 3.63) is 0 Å². The Kier molecular flexibility index (Phi) is 3.26. The zero-order chi connectivity index (χ0) is 10.8. The van der Waals surface area contributed by atoms with Crippen molar-refractivity contribution in [2.24, 2.45) is 23.3 Å². The maximum absolute atomic E-state index is 11.1. The summed E-state index contributed by atoms with van der Waals surface area (Å²) in [5.74, 6) is 0.570. The Morgan fingerprint density at radius 3 is 2.73 bits per heavy atom. The molecule has 4 nitrogen and oxygen atoms in total. The second-order valence-corrected chi connectivity index (χ2v) is 4.88. The van der Waals surface area contributed by atoms with Crippen LogP contribution in [0.2, 0.25) is 0 Å². The molecule has 0 aromatic carbocycles. The van der Waals surface area contributed by atoms with Crippen LogP contribution in [-0.4, -0.2) is 36.5 Å². The maximum Gasteiger partial charge on any atom is 0.221 e. The molecule has 4 N–H and O–H groups in total. The monoisotopic (exact) mass is 211 g/mol. The van der Waals surface area contributed by atoms with Gasteiger partial charge in [0.2, 0.25) is 5.91 Å². The topological polar surface area (TPSA) is 72.3 Å². The first-order chi connectivity index (χ1) is 7.22. The van der Waals surface area contributed by atoms with E-state index in [1.807, 2.05) is 0 Å². The minimum atomic E-state index is -0.139. The predicted molar refractivity (Wildman–Crippen MR) is 59.1 cm³/mol. The molecule has 3 unspecified atom stereocenters. The fourth-order valence-electron chi connectivity index (χ4n) is 3.09. The molecule has 0 aromatic rings. The SMILES string of the molecule is NCC1CCCC1N1CCC(C(N)=O)C1. The largest absolute Gasteiger partial charge is 0.369 e. The van der Waals surface area contributed by atoms with Crippen molar-refractivity contribution in [3.8, 4) is 0 Å². The van der Waals surface area contributed by atoms with E-state index in [1.165, 1.54) is 19.3 Å². The van der Waals surface area contributed by atoms with E-state index >= 15 is 0 Å². The van der Waals surface area contributed by atoms with Crippen molar-refractivity contribution in [1.29, 1.82) is 0 Å². The van der Waals surface area contributed by atoms with E-state index in [2.05, 4.69) is 4.90 Å². The highest BCUT2D eigenvalue weighted by molar-refractivity contribution is 5.77. The third-order valence-electron chi connectivity index (χ3n) is 4.01. The summed E-state index contributed by atoms with van der Waals surface area (Å²) in [6, 6.07) is 0.611. The number of carbonyl (C=O) groups excluding carboxylic acids is 1. The number of hydrogen-bond acceptors (Lipinski definition) is 3. The molecule has 1 heterocycles. The molecule has 3 atom stereocenters. The summed E-state index contributed by atoms with van der Waals surface area (Å²) in [6.07, 6.45) is 4.71. The van der Waals surface area contributed by atoms with Gasteiger partial charge in [0, 0.05) is 12.6 Å². The second kappa shape index (κ2) is 4.49. The number of nitrogens with zero attached hydrogens (tertiary/aromatic N) is 1. The van der Waals surface area contributed by atoms with E-state index in [-0.39, 0.29) is 11.8 Å². The van der Waals surface area contributed by atoms with Crippen LogP contribution in [0.25, 0.3) is 0 Å². The first-order valence-corrected chi connectivity index (χ1v) is 5.95. The first kappa shape index (κ1) is 10.9. The van der Waals surface area contributed by atoms with Gasteiger partial charge in [0.15, 0.2) is 0 Å². The Bertz CT molecular complexity index is 244. The number of carbonyl (C=O) groups is 1. The summed E-state index contributed by atoms with van der Waals surface area (Å²) in [4.78, 5) is 13.5. The van der Waals surface area contributed by atoms with Crippen LogP contribution >= 0.6 is 0 Å². The molecule has 1 saturated carbocycles. The van der Waals surface area contributed by atoms with Gasteiger partial charge in [-0.1, -0.05) is 6.42 Å². The van der Waals surface area contributed by atoms with Gasteiger partial charge in [0.25, 0.3) is 0 Å². The van der Waals surface area contributed by atoms with Crippen molar-refractivity contribution in [3.63, 3.8) is 0 Å². The minimum absolute atomic E-state index is 0.0732. The molecule has 1 saturated heterocycles. The van der Waals surface area contributed by atoms with E-state index in [9.17, 15) is 4.79 Å². The molecule has 0 aromatic heterocycles. The zero-order valence-corrected chi connectivity index (χ0v) is 9.19. The van der Waals surface area contributed by atoms with E-state index in [0.29, 0.717) is 12.0 Å². The molecule has 15 heavy (non-hydrogen) atoms. The van der Waals surface area contributed by atoms with Gasteiger partial charge in [-0.25, -0.2) is 0 Å². The quantitative estimate of drug-likeness (QED) is 0.686. The maximum atomic E-state index is 11.1. The molecule has 2 aliphatic rings. The first-order valence-electron chi connectivity index (χ1n) is 5.95. The molecular weight excluding hydrogens is 190 g/mol. The van der Waals surface area contributed by atoms with Crippen LogP contribution in [0.3, 0.4) is 0 Å². The molecular formula is C11H21N3O. The fraction of sp³-hybridized carbons (Fsp3) is 0.909. The average molecular weight is 211 g/mol. The number of amides is 1. The van der Waals surface area contributed by atoms with E-state index in [1.54, 1.807) is 0 Å². The number of primary amides is 1. The van der Waals surface area contributed by atoms with Gasteiger partial charge >= 0.3 is 0 Å². The minimum Gasteiger partial charge on any atom is -0.369 e. The highest BCUT2D eigenvalue weighted by Gasteiger charge is 2.36. The Morgan fingerprint density at radius 1 is 1.33 bits per heavy atom. The van der Waals surface area contributed by atoms with Crippen LogP contribution in [0.1, 0.15) is 25.7 Å². The Hall–Kier alpha value is -0.610. The summed E-state index contributed by atoms with van der Waals surface area (Å²) in [6.45, 7) is 2.66. The summed E-state index contributed by atoms with van der Waals surface area (Å²) >= 11 is 0. The third-order valence-corrected chi connectivity index (χ3v) is 4.01. The van der Waals surface area contributed by atoms with Gasteiger partial charge in [0.05, 0.1) is 5.92 Å². The Labute approximate surface area is 91.0 Å². The zero-order valence-electron chi connectivity index (χ0n) is 9.19. The summed E-state index contributed by atoms with van der Waals surface area (Å²) in [5, 5.41) is 0. The second-order valence-electron chi connectivity index (χ2n) is 4.88. The van der Waals surface area contributed by atoms with Gasteiger partial charge in [-0.2, -0.15) is 0 Å². The van der Waals surface area contributed by atoms with Crippen LogP contribution < -0.4 is 11.5 Å². The lowest BCUT2D eigenvalue weighted by molar-refractivity contribution is -0.121. The molecule has 0 bridgehead atoms. The van der Waals surface area contributed by atoms with Crippen molar-refractivity contribution < 1.29 is 4.79 Å². The number of hydrogen-bond donors (Lipinski definition) is 2. The van der Waals surface area contributed by atoms with Crippen molar-refractivity contribution >= 4 is 5.91 Å². The third kappa shape index (κ3) is 2.16. The van der Waals surface area contributed by atoms with Gasteiger partial charge in [-0.3, -0.25) is 9.69 Å². The van der Waals surface area contributed by atoms with Crippen LogP contribution in [0.5, 0.6) is 0 Å². The summed E-state index contributed by atoms with van der Waals surface area (Å²) in [7, 11) is 0. The molecule has 86 valence electrons. The van der Waals surface area contributed by atoms with Crippen molar-refractivity contribution in [2.45, 2.75) is 31.7 Å². The van der Waals surface area contributed by atoms with Gasteiger partial charge < -0.3 is 11.5 Å². The summed E-state index contributed by atoms with van der Waals surface area (Å²) < 4.78 is 0. The molecule has 4 heteroatoms. The lowest BCUT2D eigenvalue weighted by Crippen LogP contribution is -2.39. The lowest BCUT2D eigenvalue weighted by atomic mass is 10.0. The van der Waals surface area contributed by atoms with Gasteiger partial charge in [-0.05, 0) is 38.3 Å². The molecule has 1 aliphatic heterocycles. The van der Waals surface area contributed by atoms with Crippen LogP contribution in [0.4, 0.5) is 0 Å². The number of nitrogens with two attached hydrogens (primary N) is 2. The van der Waals surface area contributed by atoms with E-state index in [4.69, 9.17) is 11.5 Å². The number of rotatable bonds is 3. The average Bonchev–Trinajstić information content (AvgIpc) is 2.85. The van der Waals surface area contributed by atoms with Crippen LogP contribution in [0.15, 0.2) is 0 Å². The Morgan fingerprint density at radius 2 is 2.13 bits per heavy atom. The smallest absolute Gasteiger partial charge is 0.221 e. The van der Waals surface area contributed by atoms with Crippen molar-refractivity contribution in [1.82, 2.24) is 4.90 Å². The summed E-state index contributed by atoms with van der Waals surface area (Å²) in [5.41, 5.74) is 11.1. The molecule has 0 spiro atoms. The number of likely N-dealkylation sites (tertiary alicyclic amines) is 1. The fourth-order valence-corrected chi connectivity index (χ4v) is 3.09. The lowest BCUT2D eigenvalue weighted by Gasteiger charge is -2.28. The molecule has 1 amide bonds. The van der Waals surface area contributed by atoms with Crippen LogP contribution in [0, 0.1) is 11.8 Å². The molecule has 0 radical (unpaired) electrons. The molecule has 2 fully saturated rings. The van der Waals surface area contributed by atoms with E-state index in [0.717, 1.165) is 26.1 Å². The van der Waals surface area contributed by atoms with Gasteiger partial charge in [-0.15, -0.1) is 0 Å². The predicted octanol–water partition coefficient (Wildman–Crippen LogP) is -0.0790. The van der Waals surface area contributed by atoms with Gasteiger partial charge in [0.1, 0.15) is 0 Å². The van der Waals surface area contributed by atoms with Crippen molar-refractivity contribution in [2.75, 3.05) is 19.6 Å². The molecule has 1 aliphatic carbocycles. The van der Waals surface area contributed by atoms with E-state index < -0.39 is 0 Å². The Balaban J connectivity index is 1.92. The van der Waals surface area contributed by atoms with Crippen LogP contribution in [-0.2, 0) is 4.79 Å². The normalized spacial score (nSPS) is 37.3.